The summed E-state index contributed by atoms with van der Waals surface area (Å²) in [5.74, 6) is 0.0816. The minimum atomic E-state index is -0.347. The molecule has 0 radical (unpaired) electrons. The standard InChI is InChI=1S/C22H32N4O3S/c27-20(16-18-8-5-15-30-18)26-10-4-9-19(26)21(28)24-11-13-25(14-12-24)22(29)23-17-6-2-1-3-7-17/h5,8,15,17,19H,1-4,6-7,9-14,16H2,(H,23,29). The summed E-state index contributed by atoms with van der Waals surface area (Å²) in [7, 11) is 0. The second kappa shape index (κ2) is 9.81. The van der Waals surface area contributed by atoms with Crippen LogP contribution in [-0.2, 0) is 16.0 Å². The number of hydrogen-bond acceptors (Lipinski definition) is 4. The smallest absolute Gasteiger partial charge is 0.317 e. The fraction of sp³-hybridized carbons (Fsp3) is 0.682. The molecule has 30 heavy (non-hydrogen) atoms. The van der Waals surface area contributed by atoms with Gasteiger partial charge in [0.2, 0.25) is 11.8 Å². The van der Waals surface area contributed by atoms with Crippen LogP contribution in [0.2, 0.25) is 0 Å². The van der Waals surface area contributed by atoms with Gasteiger partial charge in [-0.2, -0.15) is 0 Å². The SMILES string of the molecule is O=C(NC1CCCCC1)N1CCN(C(=O)C2CCCN2C(=O)Cc2cccs2)CC1. The third kappa shape index (κ3) is 4.96. The van der Waals surface area contributed by atoms with E-state index in [0.29, 0.717) is 45.2 Å². The number of carbonyl (C=O) groups excluding carboxylic acids is 3. The first-order valence-electron chi connectivity index (χ1n) is 11.3. The minimum Gasteiger partial charge on any atom is -0.337 e. The van der Waals surface area contributed by atoms with Gasteiger partial charge in [-0.05, 0) is 37.1 Å². The Morgan fingerprint density at radius 3 is 2.37 bits per heavy atom. The van der Waals surface area contributed by atoms with E-state index in [2.05, 4.69) is 5.32 Å². The predicted molar refractivity (Wildman–Crippen MR) is 116 cm³/mol. The van der Waals surface area contributed by atoms with Gasteiger partial charge in [0.05, 0.1) is 6.42 Å². The van der Waals surface area contributed by atoms with Crippen molar-refractivity contribution >= 4 is 29.2 Å². The van der Waals surface area contributed by atoms with Gasteiger partial charge < -0.3 is 20.0 Å². The fourth-order valence-electron chi connectivity index (χ4n) is 4.84. The monoisotopic (exact) mass is 432 g/mol. The Morgan fingerprint density at radius 2 is 1.67 bits per heavy atom. The summed E-state index contributed by atoms with van der Waals surface area (Å²) in [5.41, 5.74) is 0. The van der Waals surface area contributed by atoms with E-state index in [4.69, 9.17) is 0 Å². The van der Waals surface area contributed by atoms with E-state index in [0.717, 1.165) is 30.6 Å². The van der Waals surface area contributed by atoms with E-state index in [1.165, 1.54) is 19.3 Å². The number of nitrogens with one attached hydrogen (secondary N) is 1. The topological polar surface area (TPSA) is 73.0 Å². The van der Waals surface area contributed by atoms with E-state index in [9.17, 15) is 14.4 Å². The van der Waals surface area contributed by atoms with Crippen LogP contribution < -0.4 is 5.32 Å². The number of likely N-dealkylation sites (tertiary alicyclic amines) is 1. The number of thiophene rings is 1. The van der Waals surface area contributed by atoms with Crippen LogP contribution in [0, 0.1) is 0 Å². The minimum absolute atomic E-state index is 0.00242. The average Bonchev–Trinajstić information content (AvgIpc) is 3.46. The van der Waals surface area contributed by atoms with Gasteiger partial charge in [0.15, 0.2) is 0 Å². The van der Waals surface area contributed by atoms with Gasteiger partial charge in [-0.1, -0.05) is 25.3 Å². The first kappa shape index (κ1) is 21.2. The van der Waals surface area contributed by atoms with Gasteiger partial charge in [-0.3, -0.25) is 9.59 Å². The van der Waals surface area contributed by atoms with Crippen molar-refractivity contribution in [3.63, 3.8) is 0 Å². The van der Waals surface area contributed by atoms with Gasteiger partial charge in [-0.25, -0.2) is 4.79 Å². The number of hydrogen-bond donors (Lipinski definition) is 1. The zero-order valence-electron chi connectivity index (χ0n) is 17.6. The molecular formula is C22H32N4O3S. The summed E-state index contributed by atoms with van der Waals surface area (Å²) >= 11 is 1.58. The van der Waals surface area contributed by atoms with Crippen LogP contribution in [-0.4, -0.2) is 77.4 Å². The Bertz CT molecular complexity index is 740. The van der Waals surface area contributed by atoms with Crippen LogP contribution in [0.4, 0.5) is 4.79 Å². The molecule has 1 saturated carbocycles. The third-order valence-electron chi connectivity index (χ3n) is 6.58. The Labute approximate surface area is 182 Å². The van der Waals surface area contributed by atoms with Gasteiger partial charge in [-0.15, -0.1) is 11.3 Å². The van der Waals surface area contributed by atoms with Gasteiger partial charge in [0.25, 0.3) is 0 Å². The molecule has 3 heterocycles. The van der Waals surface area contributed by atoms with Crippen molar-refractivity contribution in [2.45, 2.75) is 63.5 Å². The number of carbonyl (C=O) groups is 3. The lowest BCUT2D eigenvalue weighted by Gasteiger charge is -2.38. The molecule has 8 heteroatoms. The van der Waals surface area contributed by atoms with Crippen LogP contribution in [0.1, 0.15) is 49.8 Å². The van der Waals surface area contributed by atoms with E-state index in [-0.39, 0.29) is 23.9 Å². The maximum atomic E-state index is 13.1. The molecular weight excluding hydrogens is 400 g/mol. The fourth-order valence-corrected chi connectivity index (χ4v) is 5.54. The van der Waals surface area contributed by atoms with E-state index < -0.39 is 0 Å². The first-order valence-corrected chi connectivity index (χ1v) is 12.2. The molecule has 164 valence electrons. The predicted octanol–water partition coefficient (Wildman–Crippen LogP) is 2.47. The zero-order valence-corrected chi connectivity index (χ0v) is 18.4. The molecule has 1 unspecified atom stereocenters. The van der Waals surface area contributed by atoms with Crippen molar-refractivity contribution in [1.82, 2.24) is 20.0 Å². The second-order valence-corrected chi connectivity index (χ2v) is 9.63. The highest BCUT2D eigenvalue weighted by molar-refractivity contribution is 7.10. The van der Waals surface area contributed by atoms with Crippen molar-refractivity contribution < 1.29 is 14.4 Å². The maximum absolute atomic E-state index is 13.1. The third-order valence-corrected chi connectivity index (χ3v) is 7.45. The van der Waals surface area contributed by atoms with Crippen molar-refractivity contribution in [3.8, 4) is 0 Å². The van der Waals surface area contributed by atoms with Crippen LogP contribution in [0.25, 0.3) is 0 Å². The summed E-state index contributed by atoms with van der Waals surface area (Å²) < 4.78 is 0. The number of rotatable bonds is 4. The zero-order chi connectivity index (χ0) is 20.9. The average molecular weight is 433 g/mol. The van der Waals surface area contributed by atoms with Crippen molar-refractivity contribution in [3.05, 3.63) is 22.4 Å². The highest BCUT2D eigenvalue weighted by atomic mass is 32.1. The molecule has 3 aliphatic rings. The highest BCUT2D eigenvalue weighted by Crippen LogP contribution is 2.23. The molecule has 7 nitrogen and oxygen atoms in total. The van der Waals surface area contributed by atoms with Crippen LogP contribution in [0.5, 0.6) is 0 Å². The second-order valence-electron chi connectivity index (χ2n) is 8.60. The molecule has 1 aromatic rings. The molecule has 0 aromatic carbocycles. The number of urea groups is 1. The van der Waals surface area contributed by atoms with Gasteiger partial charge >= 0.3 is 6.03 Å². The molecule has 2 saturated heterocycles. The molecule has 3 fully saturated rings. The van der Waals surface area contributed by atoms with Gasteiger partial charge in [0, 0.05) is 43.6 Å². The van der Waals surface area contributed by atoms with Crippen LogP contribution in [0.3, 0.4) is 0 Å². The van der Waals surface area contributed by atoms with Crippen molar-refractivity contribution in [2.24, 2.45) is 0 Å². The molecule has 0 bridgehead atoms. The number of nitrogens with zero attached hydrogens (tertiary/aromatic N) is 3. The number of amides is 4. The van der Waals surface area contributed by atoms with Crippen molar-refractivity contribution in [2.75, 3.05) is 32.7 Å². The quantitative estimate of drug-likeness (QED) is 0.794. The molecule has 1 aliphatic carbocycles. The van der Waals surface area contributed by atoms with Gasteiger partial charge in [0.1, 0.15) is 6.04 Å². The molecule has 4 amide bonds. The molecule has 4 rings (SSSR count). The number of piperazine rings is 1. The molecule has 2 aliphatic heterocycles. The Hall–Kier alpha value is -2.09. The lowest BCUT2D eigenvalue weighted by atomic mass is 9.96. The first-order chi connectivity index (χ1) is 14.6. The Balaban J connectivity index is 1.27. The van der Waals surface area contributed by atoms with Crippen LogP contribution in [0.15, 0.2) is 17.5 Å². The molecule has 1 aromatic heterocycles. The maximum Gasteiger partial charge on any atom is 0.317 e. The Kier molecular flexibility index (Phi) is 6.92. The largest absolute Gasteiger partial charge is 0.337 e. The lowest BCUT2D eigenvalue weighted by Crippen LogP contribution is -2.57. The highest BCUT2D eigenvalue weighted by Gasteiger charge is 2.37. The van der Waals surface area contributed by atoms with E-state index in [1.807, 2.05) is 27.3 Å². The summed E-state index contributed by atoms with van der Waals surface area (Å²) in [4.78, 5) is 44.9. The molecule has 0 spiro atoms. The summed E-state index contributed by atoms with van der Waals surface area (Å²) in [6.07, 6.45) is 7.76. The summed E-state index contributed by atoms with van der Waals surface area (Å²) in [6.45, 7) is 2.85. The normalized spacial score (nSPS) is 22.9. The lowest BCUT2D eigenvalue weighted by molar-refractivity contribution is -0.144. The molecule has 1 atom stereocenters. The Morgan fingerprint density at radius 1 is 0.933 bits per heavy atom. The van der Waals surface area contributed by atoms with E-state index in [1.54, 1.807) is 16.2 Å². The van der Waals surface area contributed by atoms with E-state index >= 15 is 0 Å². The summed E-state index contributed by atoms with van der Waals surface area (Å²) in [5, 5.41) is 5.13. The summed E-state index contributed by atoms with van der Waals surface area (Å²) in [6, 6.07) is 3.87. The van der Waals surface area contributed by atoms with Crippen LogP contribution >= 0.6 is 11.3 Å². The molecule has 1 N–H and O–H groups in total. The van der Waals surface area contributed by atoms with Crippen molar-refractivity contribution in [1.29, 1.82) is 0 Å².